The average Bonchev–Trinajstić information content (AvgIpc) is 2.35. The van der Waals surface area contributed by atoms with Crippen LogP contribution in [-0.2, 0) is 0 Å². The van der Waals surface area contributed by atoms with Gasteiger partial charge in [-0.2, -0.15) is 0 Å². The quantitative estimate of drug-likeness (QED) is 0.791. The Morgan fingerprint density at radius 1 is 1.42 bits per heavy atom. The summed E-state index contributed by atoms with van der Waals surface area (Å²) < 4.78 is 0. The summed E-state index contributed by atoms with van der Waals surface area (Å²) in [6.07, 6.45) is 0. The van der Waals surface area contributed by atoms with Gasteiger partial charge in [-0.1, -0.05) is 13.8 Å². The van der Waals surface area contributed by atoms with Crippen molar-refractivity contribution in [3.05, 3.63) is 23.4 Å². The molecule has 5 nitrogen and oxygen atoms in total. The summed E-state index contributed by atoms with van der Waals surface area (Å²) >= 11 is 0. The van der Waals surface area contributed by atoms with Crippen LogP contribution >= 0.6 is 0 Å². The highest BCUT2D eigenvalue weighted by atomic mass is 16.4. The van der Waals surface area contributed by atoms with Crippen molar-refractivity contribution < 1.29 is 9.90 Å². The Morgan fingerprint density at radius 3 is 2.58 bits per heavy atom. The van der Waals surface area contributed by atoms with Crippen LogP contribution in [0.25, 0.3) is 0 Å². The Kier molecular flexibility index (Phi) is 5.76. The van der Waals surface area contributed by atoms with Crippen LogP contribution in [0.2, 0.25) is 0 Å². The molecule has 0 fully saturated rings. The molecule has 1 aromatic rings. The van der Waals surface area contributed by atoms with Gasteiger partial charge in [0.2, 0.25) is 0 Å². The minimum Gasteiger partial charge on any atom is -0.478 e. The Labute approximate surface area is 114 Å². The molecule has 0 radical (unpaired) electrons. The highest BCUT2D eigenvalue weighted by Crippen LogP contribution is 2.11. The minimum absolute atomic E-state index is 0.218. The monoisotopic (exact) mass is 265 g/mol. The number of carbonyl (C=O) groups is 1. The number of pyridine rings is 1. The van der Waals surface area contributed by atoms with Crippen LogP contribution in [0.4, 0.5) is 5.82 Å². The summed E-state index contributed by atoms with van der Waals surface area (Å²) in [5.74, 6) is -0.304. The third-order valence-electron chi connectivity index (χ3n) is 3.02. The van der Waals surface area contributed by atoms with Gasteiger partial charge in [-0.25, -0.2) is 9.78 Å². The summed E-state index contributed by atoms with van der Waals surface area (Å²) in [5, 5.41) is 12.3. The Balaban J connectivity index is 2.73. The smallest absolute Gasteiger partial charge is 0.335 e. The van der Waals surface area contributed by atoms with Crippen molar-refractivity contribution in [1.82, 2.24) is 9.88 Å². The summed E-state index contributed by atoms with van der Waals surface area (Å²) in [6.45, 7) is 11.0. The van der Waals surface area contributed by atoms with Gasteiger partial charge >= 0.3 is 5.97 Å². The molecule has 1 rings (SSSR count). The third-order valence-corrected chi connectivity index (χ3v) is 3.02. The number of hydrogen-bond acceptors (Lipinski definition) is 4. The predicted molar refractivity (Wildman–Crippen MR) is 76.8 cm³/mol. The first-order chi connectivity index (χ1) is 8.96. The van der Waals surface area contributed by atoms with E-state index in [1.165, 1.54) is 0 Å². The van der Waals surface area contributed by atoms with Gasteiger partial charge in [0, 0.05) is 18.3 Å². The lowest BCUT2D eigenvalue weighted by molar-refractivity contribution is 0.0696. The zero-order valence-electron chi connectivity index (χ0n) is 12.1. The molecule has 1 aromatic heterocycles. The van der Waals surface area contributed by atoms with E-state index in [9.17, 15) is 4.79 Å². The Bertz CT molecular complexity index is 431. The van der Waals surface area contributed by atoms with E-state index < -0.39 is 5.97 Å². The molecule has 0 aliphatic carbocycles. The molecule has 0 spiro atoms. The SMILES string of the molecule is CCN(CC)CC(C)Nc1cc(C(=O)O)cc(C)n1. The second-order valence-corrected chi connectivity index (χ2v) is 4.72. The van der Waals surface area contributed by atoms with Crippen LogP contribution in [0.3, 0.4) is 0 Å². The molecule has 1 atom stereocenters. The third kappa shape index (κ3) is 4.87. The summed E-state index contributed by atoms with van der Waals surface area (Å²) in [6, 6.07) is 3.37. The van der Waals surface area contributed by atoms with E-state index in [2.05, 4.69) is 36.0 Å². The normalized spacial score (nSPS) is 12.5. The van der Waals surface area contributed by atoms with Crippen LogP contribution in [0.1, 0.15) is 36.8 Å². The fourth-order valence-electron chi connectivity index (χ4n) is 2.03. The Morgan fingerprint density at radius 2 is 2.05 bits per heavy atom. The van der Waals surface area contributed by atoms with Gasteiger partial charge in [-0.15, -0.1) is 0 Å². The highest BCUT2D eigenvalue weighted by molar-refractivity contribution is 5.88. The van der Waals surface area contributed by atoms with Crippen molar-refractivity contribution in [2.75, 3.05) is 25.0 Å². The number of rotatable bonds is 7. The molecule has 2 N–H and O–H groups in total. The van der Waals surface area contributed by atoms with Crippen molar-refractivity contribution in [2.45, 2.75) is 33.7 Å². The van der Waals surface area contributed by atoms with E-state index in [0.29, 0.717) is 11.5 Å². The minimum atomic E-state index is -0.926. The molecule has 1 heterocycles. The number of aryl methyl sites for hydroxylation is 1. The maximum absolute atomic E-state index is 11.0. The van der Waals surface area contributed by atoms with Gasteiger partial charge in [0.15, 0.2) is 0 Å². The second-order valence-electron chi connectivity index (χ2n) is 4.72. The van der Waals surface area contributed by atoms with Crippen molar-refractivity contribution in [1.29, 1.82) is 0 Å². The van der Waals surface area contributed by atoms with Gasteiger partial charge in [-0.05, 0) is 39.1 Å². The highest BCUT2D eigenvalue weighted by Gasteiger charge is 2.10. The molecule has 0 saturated carbocycles. The molecule has 5 heteroatoms. The lowest BCUT2D eigenvalue weighted by Crippen LogP contribution is -2.35. The number of hydrogen-bond donors (Lipinski definition) is 2. The van der Waals surface area contributed by atoms with Crippen LogP contribution in [0.15, 0.2) is 12.1 Å². The number of aromatic nitrogens is 1. The zero-order chi connectivity index (χ0) is 14.4. The Hall–Kier alpha value is -1.62. The first kappa shape index (κ1) is 15.4. The van der Waals surface area contributed by atoms with Gasteiger partial charge in [0.1, 0.15) is 5.82 Å². The van der Waals surface area contributed by atoms with Crippen molar-refractivity contribution in [3.8, 4) is 0 Å². The lowest BCUT2D eigenvalue weighted by Gasteiger charge is -2.23. The number of carboxylic acids is 1. The molecule has 0 aromatic carbocycles. The number of anilines is 1. The maximum Gasteiger partial charge on any atom is 0.335 e. The molecule has 0 aliphatic heterocycles. The summed E-state index contributed by atoms with van der Waals surface area (Å²) in [7, 11) is 0. The standard InChI is InChI=1S/C14H23N3O2/c1-5-17(6-2)9-11(4)16-13-8-12(14(18)19)7-10(3)15-13/h7-8,11H,5-6,9H2,1-4H3,(H,15,16)(H,18,19). The molecular weight excluding hydrogens is 242 g/mol. The van der Waals surface area contributed by atoms with Crippen LogP contribution in [0.5, 0.6) is 0 Å². The van der Waals surface area contributed by atoms with E-state index in [1.54, 1.807) is 19.1 Å². The molecule has 0 amide bonds. The fourth-order valence-corrected chi connectivity index (χ4v) is 2.03. The predicted octanol–water partition coefficient (Wildman–Crippen LogP) is 2.23. The van der Waals surface area contributed by atoms with Gasteiger partial charge in [-0.3, -0.25) is 0 Å². The molecule has 0 bridgehead atoms. The maximum atomic E-state index is 11.0. The fraction of sp³-hybridized carbons (Fsp3) is 0.571. The van der Waals surface area contributed by atoms with Crippen LogP contribution < -0.4 is 5.32 Å². The van der Waals surface area contributed by atoms with E-state index in [0.717, 1.165) is 19.6 Å². The van der Waals surface area contributed by atoms with Crippen molar-refractivity contribution in [2.24, 2.45) is 0 Å². The number of nitrogens with one attached hydrogen (secondary N) is 1. The second kappa shape index (κ2) is 7.09. The first-order valence-electron chi connectivity index (χ1n) is 6.67. The molecular formula is C14H23N3O2. The largest absolute Gasteiger partial charge is 0.478 e. The van der Waals surface area contributed by atoms with Gasteiger partial charge in [0.25, 0.3) is 0 Å². The molecule has 19 heavy (non-hydrogen) atoms. The molecule has 0 aliphatic rings. The number of likely N-dealkylation sites (N-methyl/N-ethyl adjacent to an activating group) is 1. The molecule has 106 valence electrons. The van der Waals surface area contributed by atoms with Gasteiger partial charge in [0.05, 0.1) is 5.56 Å². The van der Waals surface area contributed by atoms with Crippen LogP contribution in [-0.4, -0.2) is 46.6 Å². The topological polar surface area (TPSA) is 65.5 Å². The summed E-state index contributed by atoms with van der Waals surface area (Å²) in [5.41, 5.74) is 0.975. The molecule has 1 unspecified atom stereocenters. The average molecular weight is 265 g/mol. The number of aromatic carboxylic acids is 1. The zero-order valence-corrected chi connectivity index (χ0v) is 12.1. The molecule has 0 saturated heterocycles. The van der Waals surface area contributed by atoms with Crippen molar-refractivity contribution in [3.63, 3.8) is 0 Å². The number of nitrogens with zero attached hydrogens (tertiary/aromatic N) is 2. The van der Waals surface area contributed by atoms with Crippen molar-refractivity contribution >= 4 is 11.8 Å². The van der Waals surface area contributed by atoms with E-state index in [1.807, 2.05) is 0 Å². The van der Waals surface area contributed by atoms with Crippen LogP contribution in [0, 0.1) is 6.92 Å². The number of carboxylic acid groups (broad SMARTS) is 1. The van der Waals surface area contributed by atoms with Gasteiger partial charge < -0.3 is 15.3 Å². The summed E-state index contributed by atoms with van der Waals surface area (Å²) in [4.78, 5) is 17.6. The van der Waals surface area contributed by atoms with E-state index >= 15 is 0 Å². The lowest BCUT2D eigenvalue weighted by atomic mass is 10.2. The van der Waals surface area contributed by atoms with E-state index in [-0.39, 0.29) is 11.6 Å². The first-order valence-corrected chi connectivity index (χ1v) is 6.67. The van der Waals surface area contributed by atoms with E-state index in [4.69, 9.17) is 5.11 Å².